The summed E-state index contributed by atoms with van der Waals surface area (Å²) in [4.78, 5) is 0. The summed E-state index contributed by atoms with van der Waals surface area (Å²) in [6.07, 6.45) is 2.99. The van der Waals surface area contributed by atoms with E-state index in [0.717, 1.165) is 24.8 Å². The third kappa shape index (κ3) is 6.03. The number of hydrogen-bond acceptors (Lipinski definition) is 3. The number of aryl methyl sites for hydroxylation is 1. The van der Waals surface area contributed by atoms with Crippen LogP contribution in [0.15, 0.2) is 24.3 Å². The van der Waals surface area contributed by atoms with Crippen molar-refractivity contribution in [2.24, 2.45) is 0 Å². The predicted octanol–water partition coefficient (Wildman–Crippen LogP) is 2.39. The van der Waals surface area contributed by atoms with Crippen molar-refractivity contribution in [2.45, 2.75) is 39.5 Å². The molecule has 5 nitrogen and oxygen atoms in total. The minimum absolute atomic E-state index is 0.136. The maximum atomic E-state index is 12.4. The van der Waals surface area contributed by atoms with E-state index in [1.807, 2.05) is 32.0 Å². The van der Waals surface area contributed by atoms with Gasteiger partial charge in [-0.15, -0.1) is 0 Å². The molecule has 0 saturated carbocycles. The largest absolute Gasteiger partial charge is 0.396 e. The topological polar surface area (TPSA) is 69.6 Å². The summed E-state index contributed by atoms with van der Waals surface area (Å²) in [5.74, 6) is 0. The summed E-state index contributed by atoms with van der Waals surface area (Å²) >= 11 is 0. The molecule has 0 aliphatic rings. The summed E-state index contributed by atoms with van der Waals surface area (Å²) < 4.78 is 28.9. The van der Waals surface area contributed by atoms with Gasteiger partial charge in [0.25, 0.3) is 0 Å². The number of aliphatic hydroxyl groups excluding tert-OH is 1. The Balaban J connectivity index is 2.82. The molecule has 0 heterocycles. The standard InChI is InChI=1S/C15H26N2O3S/c1-3-10-17(11-4-2)21(19,20)16-15-9-5-7-14(13-15)8-6-12-18/h5,7,9,13,16,18H,3-4,6,8,10-12H2,1-2H3. The summed E-state index contributed by atoms with van der Waals surface area (Å²) in [6.45, 7) is 5.11. The van der Waals surface area contributed by atoms with E-state index in [9.17, 15) is 8.42 Å². The fourth-order valence-electron chi connectivity index (χ4n) is 2.14. The van der Waals surface area contributed by atoms with E-state index in [1.54, 1.807) is 6.07 Å². The SMILES string of the molecule is CCCN(CCC)S(=O)(=O)Nc1cccc(CCCO)c1. The quantitative estimate of drug-likeness (QED) is 0.696. The van der Waals surface area contributed by atoms with Crippen LogP contribution in [0.3, 0.4) is 0 Å². The van der Waals surface area contributed by atoms with E-state index in [-0.39, 0.29) is 6.61 Å². The van der Waals surface area contributed by atoms with Gasteiger partial charge in [0.05, 0.1) is 5.69 Å². The molecule has 0 aliphatic heterocycles. The molecule has 21 heavy (non-hydrogen) atoms. The smallest absolute Gasteiger partial charge is 0.301 e. The summed E-state index contributed by atoms with van der Waals surface area (Å²) in [5.41, 5.74) is 1.59. The van der Waals surface area contributed by atoms with Crippen LogP contribution < -0.4 is 4.72 Å². The predicted molar refractivity (Wildman–Crippen MR) is 86.5 cm³/mol. The van der Waals surface area contributed by atoms with Gasteiger partial charge in [0.1, 0.15) is 0 Å². The third-order valence-corrected chi connectivity index (χ3v) is 4.62. The Bertz CT molecular complexity index is 511. The number of nitrogens with one attached hydrogen (secondary N) is 1. The molecule has 0 aliphatic carbocycles. The molecular weight excluding hydrogens is 288 g/mol. The number of aliphatic hydroxyl groups is 1. The van der Waals surface area contributed by atoms with Crippen molar-refractivity contribution < 1.29 is 13.5 Å². The lowest BCUT2D eigenvalue weighted by Crippen LogP contribution is -2.37. The zero-order valence-corrected chi connectivity index (χ0v) is 13.7. The highest BCUT2D eigenvalue weighted by Crippen LogP contribution is 2.15. The Kier molecular flexibility index (Phi) is 7.71. The van der Waals surface area contributed by atoms with E-state index in [1.165, 1.54) is 4.31 Å². The molecule has 0 aromatic heterocycles. The fraction of sp³-hybridized carbons (Fsp3) is 0.600. The van der Waals surface area contributed by atoms with Crippen LogP contribution in [0.4, 0.5) is 5.69 Å². The molecule has 0 atom stereocenters. The molecule has 2 N–H and O–H groups in total. The monoisotopic (exact) mass is 314 g/mol. The molecular formula is C15H26N2O3S. The van der Waals surface area contributed by atoms with Crippen LogP contribution in [0.2, 0.25) is 0 Å². The van der Waals surface area contributed by atoms with Crippen molar-refractivity contribution in [1.82, 2.24) is 4.31 Å². The van der Waals surface area contributed by atoms with Crippen molar-refractivity contribution >= 4 is 15.9 Å². The van der Waals surface area contributed by atoms with E-state index in [4.69, 9.17) is 5.11 Å². The Morgan fingerprint density at radius 1 is 1.19 bits per heavy atom. The molecule has 0 spiro atoms. The molecule has 0 amide bonds. The minimum atomic E-state index is -3.50. The van der Waals surface area contributed by atoms with Crippen LogP contribution in [-0.4, -0.2) is 37.5 Å². The summed E-state index contributed by atoms with van der Waals surface area (Å²) in [5, 5.41) is 8.86. The maximum absolute atomic E-state index is 12.4. The van der Waals surface area contributed by atoms with Crippen LogP contribution in [0.5, 0.6) is 0 Å². The lowest BCUT2D eigenvalue weighted by atomic mass is 10.1. The highest BCUT2D eigenvalue weighted by molar-refractivity contribution is 7.90. The van der Waals surface area contributed by atoms with Gasteiger partial charge in [-0.3, -0.25) is 4.72 Å². The first kappa shape index (κ1) is 17.9. The number of hydrogen-bond donors (Lipinski definition) is 2. The third-order valence-electron chi connectivity index (χ3n) is 3.08. The van der Waals surface area contributed by atoms with E-state index in [0.29, 0.717) is 25.2 Å². The Labute approximate surface area is 128 Å². The molecule has 0 unspecified atom stereocenters. The van der Waals surface area contributed by atoms with Gasteiger partial charge in [-0.25, -0.2) is 0 Å². The Morgan fingerprint density at radius 2 is 1.86 bits per heavy atom. The number of rotatable bonds is 10. The van der Waals surface area contributed by atoms with Crippen molar-refractivity contribution in [3.8, 4) is 0 Å². The first-order valence-electron chi connectivity index (χ1n) is 7.51. The highest BCUT2D eigenvalue weighted by atomic mass is 32.2. The van der Waals surface area contributed by atoms with Gasteiger partial charge in [-0.2, -0.15) is 12.7 Å². The second-order valence-corrected chi connectivity index (χ2v) is 6.70. The average Bonchev–Trinajstić information content (AvgIpc) is 2.45. The Morgan fingerprint density at radius 3 is 2.43 bits per heavy atom. The fourth-order valence-corrected chi connectivity index (χ4v) is 3.54. The maximum Gasteiger partial charge on any atom is 0.301 e. The van der Waals surface area contributed by atoms with Crippen molar-refractivity contribution in [1.29, 1.82) is 0 Å². The molecule has 0 fully saturated rings. The summed E-state index contributed by atoms with van der Waals surface area (Å²) in [6, 6.07) is 7.33. The number of nitrogens with zero attached hydrogens (tertiary/aromatic N) is 1. The first-order chi connectivity index (χ1) is 10.0. The van der Waals surface area contributed by atoms with Gasteiger partial charge in [-0.1, -0.05) is 26.0 Å². The van der Waals surface area contributed by atoms with Crippen molar-refractivity contribution in [2.75, 3.05) is 24.4 Å². The first-order valence-corrected chi connectivity index (χ1v) is 8.95. The molecule has 0 saturated heterocycles. The average molecular weight is 314 g/mol. The van der Waals surface area contributed by atoms with Crippen LogP contribution in [0, 0.1) is 0 Å². The van der Waals surface area contributed by atoms with Crippen LogP contribution >= 0.6 is 0 Å². The zero-order valence-electron chi connectivity index (χ0n) is 12.9. The molecule has 6 heteroatoms. The van der Waals surface area contributed by atoms with Gasteiger partial charge in [0, 0.05) is 19.7 Å². The second kappa shape index (κ2) is 9.02. The van der Waals surface area contributed by atoms with Crippen molar-refractivity contribution in [3.05, 3.63) is 29.8 Å². The van der Waals surface area contributed by atoms with Gasteiger partial charge in [0.15, 0.2) is 0 Å². The molecule has 1 rings (SSSR count). The van der Waals surface area contributed by atoms with Gasteiger partial charge < -0.3 is 5.11 Å². The minimum Gasteiger partial charge on any atom is -0.396 e. The van der Waals surface area contributed by atoms with Crippen molar-refractivity contribution in [3.63, 3.8) is 0 Å². The van der Waals surface area contributed by atoms with Gasteiger partial charge >= 0.3 is 10.2 Å². The van der Waals surface area contributed by atoms with Gasteiger partial charge in [-0.05, 0) is 43.4 Å². The van der Waals surface area contributed by atoms with E-state index < -0.39 is 10.2 Å². The lowest BCUT2D eigenvalue weighted by Gasteiger charge is -2.22. The van der Waals surface area contributed by atoms with Crippen LogP contribution in [-0.2, 0) is 16.6 Å². The molecule has 1 aromatic carbocycles. The zero-order chi connectivity index (χ0) is 15.7. The molecule has 1 aromatic rings. The highest BCUT2D eigenvalue weighted by Gasteiger charge is 2.20. The van der Waals surface area contributed by atoms with Gasteiger partial charge in [0.2, 0.25) is 0 Å². The molecule has 120 valence electrons. The van der Waals surface area contributed by atoms with E-state index in [2.05, 4.69) is 4.72 Å². The molecule has 0 radical (unpaired) electrons. The second-order valence-electron chi connectivity index (χ2n) is 5.03. The normalized spacial score (nSPS) is 11.8. The van der Waals surface area contributed by atoms with Crippen LogP contribution in [0.25, 0.3) is 0 Å². The lowest BCUT2D eigenvalue weighted by molar-refractivity contribution is 0.288. The molecule has 0 bridgehead atoms. The van der Waals surface area contributed by atoms with Crippen LogP contribution in [0.1, 0.15) is 38.7 Å². The van der Waals surface area contributed by atoms with E-state index >= 15 is 0 Å². The summed E-state index contributed by atoms with van der Waals surface area (Å²) in [7, 11) is -3.50. The number of anilines is 1. The Hall–Kier alpha value is -1.11. The number of benzene rings is 1.